The molecule has 0 fully saturated rings. The van der Waals surface area contributed by atoms with Crippen LogP contribution in [0, 0.1) is 0 Å². The monoisotopic (exact) mass is 379 g/mol. The first-order valence-corrected chi connectivity index (χ1v) is 7.54. The Bertz CT molecular complexity index is 716. The predicted molar refractivity (Wildman–Crippen MR) is 95.8 cm³/mol. The van der Waals surface area contributed by atoms with Gasteiger partial charge in [0.1, 0.15) is 17.7 Å². The summed E-state index contributed by atoms with van der Waals surface area (Å²) in [5.74, 6) is 0. The normalized spacial score (nSPS) is 11.0. The maximum Gasteiger partial charge on any atom is 0.189 e. The summed E-state index contributed by atoms with van der Waals surface area (Å²) in [7, 11) is 0. The van der Waals surface area contributed by atoms with Crippen molar-refractivity contribution in [1.29, 1.82) is 0 Å². The van der Waals surface area contributed by atoms with Gasteiger partial charge in [0.2, 0.25) is 0 Å². The van der Waals surface area contributed by atoms with E-state index in [0.717, 1.165) is 21.5 Å². The molecule has 1 aromatic carbocycles. The molecular weight excluding hydrogens is 362 g/mol. The lowest BCUT2D eigenvalue weighted by molar-refractivity contribution is 0.567. The lowest BCUT2D eigenvalue weighted by atomic mass is 9.92. The molecular formula is C15H18BrN5S. The minimum absolute atomic E-state index is 0. The van der Waals surface area contributed by atoms with E-state index in [4.69, 9.17) is 4.98 Å². The van der Waals surface area contributed by atoms with Crippen LogP contribution in [0.3, 0.4) is 0 Å². The minimum atomic E-state index is -0.0611. The van der Waals surface area contributed by atoms with Crippen LogP contribution in [0.5, 0.6) is 0 Å². The Morgan fingerprint density at radius 2 is 1.86 bits per heavy atom. The van der Waals surface area contributed by atoms with Crippen molar-refractivity contribution < 1.29 is 0 Å². The molecule has 2 aromatic heterocycles. The Balaban J connectivity index is 0.00000176. The van der Waals surface area contributed by atoms with Crippen LogP contribution in [-0.2, 0) is 5.41 Å². The van der Waals surface area contributed by atoms with Gasteiger partial charge >= 0.3 is 0 Å². The van der Waals surface area contributed by atoms with Gasteiger partial charge in [0.25, 0.3) is 0 Å². The summed E-state index contributed by atoms with van der Waals surface area (Å²) in [5.41, 5.74) is 1.97. The van der Waals surface area contributed by atoms with E-state index in [1.165, 1.54) is 6.33 Å². The molecule has 3 aromatic rings. The number of thiazole rings is 1. The third kappa shape index (κ3) is 3.53. The number of nitrogens with zero attached hydrogens (tertiary/aromatic N) is 4. The van der Waals surface area contributed by atoms with Crippen LogP contribution in [0.1, 0.15) is 26.5 Å². The van der Waals surface area contributed by atoms with E-state index in [9.17, 15) is 0 Å². The van der Waals surface area contributed by atoms with E-state index in [1.54, 1.807) is 22.3 Å². The Morgan fingerprint density at radius 3 is 2.45 bits per heavy atom. The zero-order chi connectivity index (χ0) is 14.9. The van der Waals surface area contributed by atoms with Crippen LogP contribution in [-0.4, -0.2) is 19.7 Å². The second-order valence-corrected chi connectivity index (χ2v) is 6.73. The smallest absolute Gasteiger partial charge is 0.189 e. The summed E-state index contributed by atoms with van der Waals surface area (Å²) in [6.45, 7) is 6.44. The number of hydrogen-bond donors (Lipinski definition) is 1. The van der Waals surface area contributed by atoms with Crippen molar-refractivity contribution >= 4 is 39.1 Å². The molecule has 0 aliphatic rings. The van der Waals surface area contributed by atoms with Crippen LogP contribution < -0.4 is 5.32 Å². The number of hydrogen-bond acceptors (Lipinski definition) is 5. The van der Waals surface area contributed by atoms with Gasteiger partial charge in [0.05, 0.1) is 5.69 Å². The summed E-state index contributed by atoms with van der Waals surface area (Å²) < 4.78 is 1.77. The van der Waals surface area contributed by atoms with Crippen molar-refractivity contribution in [2.75, 3.05) is 5.32 Å². The van der Waals surface area contributed by atoms with Crippen molar-refractivity contribution in [3.63, 3.8) is 0 Å². The molecule has 5 nitrogen and oxygen atoms in total. The number of benzene rings is 1. The quantitative estimate of drug-likeness (QED) is 0.734. The topological polar surface area (TPSA) is 55.6 Å². The zero-order valence-electron chi connectivity index (χ0n) is 12.6. The van der Waals surface area contributed by atoms with Crippen molar-refractivity contribution in [3.05, 3.63) is 48.7 Å². The summed E-state index contributed by atoms with van der Waals surface area (Å²) in [4.78, 5) is 8.78. The molecule has 0 bridgehead atoms. The van der Waals surface area contributed by atoms with E-state index in [2.05, 4.69) is 36.2 Å². The van der Waals surface area contributed by atoms with Gasteiger partial charge in [0, 0.05) is 11.1 Å². The van der Waals surface area contributed by atoms with Gasteiger partial charge in [-0.15, -0.1) is 17.0 Å². The summed E-state index contributed by atoms with van der Waals surface area (Å²) in [5, 5.41) is 9.43. The molecule has 0 radical (unpaired) electrons. The fraction of sp³-hybridized carbons (Fsp3) is 0.267. The molecule has 7 heteroatoms. The third-order valence-corrected chi connectivity index (χ3v) is 3.93. The fourth-order valence-corrected chi connectivity index (χ4v) is 3.09. The Morgan fingerprint density at radius 1 is 1.14 bits per heavy atom. The number of nitrogens with one attached hydrogen (secondary N) is 1. The first-order valence-electron chi connectivity index (χ1n) is 6.72. The average Bonchev–Trinajstić information content (AvgIpc) is 3.07. The van der Waals surface area contributed by atoms with Gasteiger partial charge in [-0.05, 0) is 12.1 Å². The van der Waals surface area contributed by atoms with Crippen LogP contribution in [0.2, 0.25) is 0 Å². The van der Waals surface area contributed by atoms with E-state index in [-0.39, 0.29) is 22.4 Å². The molecule has 0 unspecified atom stereocenters. The lowest BCUT2D eigenvalue weighted by Crippen LogP contribution is -2.15. The van der Waals surface area contributed by atoms with Crippen LogP contribution in [0.25, 0.3) is 5.00 Å². The van der Waals surface area contributed by atoms with E-state index < -0.39 is 0 Å². The van der Waals surface area contributed by atoms with Gasteiger partial charge in [-0.3, -0.25) is 0 Å². The summed E-state index contributed by atoms with van der Waals surface area (Å²) in [6.07, 6.45) is 3.24. The molecule has 0 saturated carbocycles. The Hall–Kier alpha value is -1.73. The van der Waals surface area contributed by atoms with Gasteiger partial charge in [-0.1, -0.05) is 50.3 Å². The minimum Gasteiger partial charge on any atom is -0.331 e. The van der Waals surface area contributed by atoms with Gasteiger partial charge in [-0.25, -0.2) is 14.6 Å². The predicted octanol–water partition coefficient (Wildman–Crippen LogP) is 4.34. The zero-order valence-corrected chi connectivity index (χ0v) is 15.2. The molecule has 0 atom stereocenters. The van der Waals surface area contributed by atoms with Crippen LogP contribution in [0.4, 0.5) is 10.8 Å². The second kappa shape index (κ2) is 6.58. The van der Waals surface area contributed by atoms with Crippen molar-refractivity contribution in [1.82, 2.24) is 19.7 Å². The maximum absolute atomic E-state index is 4.75. The van der Waals surface area contributed by atoms with Gasteiger partial charge < -0.3 is 5.32 Å². The number of para-hydroxylation sites is 1. The van der Waals surface area contributed by atoms with Crippen LogP contribution >= 0.6 is 28.3 Å². The highest BCUT2D eigenvalue weighted by atomic mass is 79.9. The maximum atomic E-state index is 4.75. The molecule has 0 aliphatic carbocycles. The molecule has 22 heavy (non-hydrogen) atoms. The molecule has 3 rings (SSSR count). The first-order chi connectivity index (χ1) is 10.0. The standard InChI is InChI=1S/C15H17N5S.BrH/c1-15(2,3)12-13(20-10-16-9-17-20)21-14(19-12)18-11-7-5-4-6-8-11;/h4-10H,1-3H3,(H,18,19);1H. The molecule has 0 saturated heterocycles. The largest absolute Gasteiger partial charge is 0.331 e. The highest BCUT2D eigenvalue weighted by Crippen LogP contribution is 2.35. The van der Waals surface area contributed by atoms with E-state index >= 15 is 0 Å². The first kappa shape index (κ1) is 16.6. The molecule has 0 aliphatic heterocycles. The SMILES string of the molecule is Br.CC(C)(C)c1nc(Nc2ccccc2)sc1-n1cncn1. The van der Waals surface area contributed by atoms with Crippen LogP contribution in [0.15, 0.2) is 43.0 Å². The highest BCUT2D eigenvalue weighted by Gasteiger charge is 2.25. The number of anilines is 2. The van der Waals surface area contributed by atoms with E-state index in [0.29, 0.717) is 0 Å². The van der Waals surface area contributed by atoms with E-state index in [1.807, 2.05) is 30.3 Å². The fourth-order valence-electron chi connectivity index (χ4n) is 1.97. The molecule has 0 amide bonds. The van der Waals surface area contributed by atoms with Gasteiger partial charge in [0.15, 0.2) is 5.13 Å². The highest BCUT2D eigenvalue weighted by molar-refractivity contribution is 8.93. The number of halogens is 1. The second-order valence-electron chi connectivity index (χ2n) is 5.75. The number of rotatable bonds is 3. The van der Waals surface area contributed by atoms with Gasteiger partial charge in [-0.2, -0.15) is 5.10 Å². The Kier molecular flexibility index (Phi) is 4.97. The summed E-state index contributed by atoms with van der Waals surface area (Å²) >= 11 is 1.58. The summed E-state index contributed by atoms with van der Waals surface area (Å²) in [6, 6.07) is 10.0. The van der Waals surface area contributed by atoms with Crippen molar-refractivity contribution in [3.8, 4) is 5.00 Å². The molecule has 0 spiro atoms. The Labute approximate surface area is 144 Å². The molecule has 2 heterocycles. The average molecular weight is 380 g/mol. The molecule has 1 N–H and O–H groups in total. The third-order valence-electron chi connectivity index (χ3n) is 2.97. The lowest BCUT2D eigenvalue weighted by Gasteiger charge is -2.16. The number of aromatic nitrogens is 4. The van der Waals surface area contributed by atoms with Crippen molar-refractivity contribution in [2.45, 2.75) is 26.2 Å². The molecule has 116 valence electrons. The van der Waals surface area contributed by atoms with Crippen molar-refractivity contribution in [2.24, 2.45) is 0 Å².